The van der Waals surface area contributed by atoms with Gasteiger partial charge in [-0.05, 0) is 31.5 Å². The van der Waals surface area contributed by atoms with E-state index < -0.39 is 0 Å². The Balaban J connectivity index is 3.39. The van der Waals surface area contributed by atoms with Crippen LogP contribution in [0.4, 0.5) is 4.39 Å². The molecule has 0 heterocycles. The highest BCUT2D eigenvalue weighted by atomic mass is 19.1. The van der Waals surface area contributed by atoms with Crippen molar-refractivity contribution in [3.63, 3.8) is 0 Å². The smallest absolute Gasteiger partial charge is 0.127 e. The Morgan fingerprint density at radius 3 is 2.55 bits per heavy atom. The molecular formula is C9H8FN. The van der Waals surface area contributed by atoms with Crippen molar-refractivity contribution < 1.29 is 4.39 Å². The average molecular weight is 149 g/mol. The minimum absolute atomic E-state index is 0.304. The highest BCUT2D eigenvalue weighted by Crippen LogP contribution is 2.13. The molecule has 0 N–H and O–H groups in total. The van der Waals surface area contributed by atoms with Crippen LogP contribution in [0.15, 0.2) is 12.1 Å². The van der Waals surface area contributed by atoms with Gasteiger partial charge < -0.3 is 0 Å². The van der Waals surface area contributed by atoms with E-state index in [0.717, 1.165) is 5.56 Å². The van der Waals surface area contributed by atoms with Gasteiger partial charge in [-0.25, -0.2) is 4.39 Å². The van der Waals surface area contributed by atoms with Gasteiger partial charge in [-0.1, -0.05) is 0 Å². The molecule has 0 aliphatic carbocycles. The quantitative estimate of drug-likeness (QED) is 0.555. The molecule has 0 radical (unpaired) electrons. The fourth-order valence-corrected chi connectivity index (χ4v) is 0.931. The zero-order valence-electron chi connectivity index (χ0n) is 6.48. The number of hydrogen-bond donors (Lipinski definition) is 0. The summed E-state index contributed by atoms with van der Waals surface area (Å²) in [6, 6.07) is 5.04. The minimum Gasteiger partial charge on any atom is -0.207 e. The Labute approximate surface area is 65.1 Å². The average Bonchev–Trinajstić information content (AvgIpc) is 1.96. The molecule has 0 spiro atoms. The topological polar surface area (TPSA) is 23.8 Å². The lowest BCUT2D eigenvalue weighted by atomic mass is 10.1. The summed E-state index contributed by atoms with van der Waals surface area (Å²) in [6.07, 6.45) is 0. The van der Waals surface area contributed by atoms with Crippen LogP contribution in [0.2, 0.25) is 0 Å². The van der Waals surface area contributed by atoms with Crippen LogP contribution in [0.5, 0.6) is 0 Å². The number of nitrogens with zero attached hydrogens (tertiary/aromatic N) is 1. The highest BCUT2D eigenvalue weighted by molar-refractivity contribution is 5.40. The van der Waals surface area contributed by atoms with Gasteiger partial charge in [0.2, 0.25) is 0 Å². The summed E-state index contributed by atoms with van der Waals surface area (Å²) in [4.78, 5) is 0. The number of aryl methyl sites for hydroxylation is 1. The number of benzene rings is 1. The van der Waals surface area contributed by atoms with Crippen LogP contribution in [0.25, 0.3) is 0 Å². The molecule has 0 unspecified atom stereocenters. The predicted octanol–water partition coefficient (Wildman–Crippen LogP) is 2.31. The summed E-state index contributed by atoms with van der Waals surface area (Å²) < 4.78 is 12.9. The summed E-state index contributed by atoms with van der Waals surface area (Å²) in [5, 5.41) is 8.55. The monoisotopic (exact) mass is 149 g/mol. The molecule has 11 heavy (non-hydrogen) atoms. The molecule has 0 saturated heterocycles. The number of halogens is 1. The highest BCUT2D eigenvalue weighted by Gasteiger charge is 2.03. The first-order chi connectivity index (χ1) is 5.15. The maximum Gasteiger partial charge on any atom is 0.127 e. The molecule has 0 bridgehead atoms. The molecule has 1 nitrogen and oxygen atoms in total. The molecule has 0 aromatic heterocycles. The third kappa shape index (κ3) is 1.38. The second-order valence-electron chi connectivity index (χ2n) is 2.53. The van der Waals surface area contributed by atoms with E-state index in [1.807, 2.05) is 6.07 Å². The largest absolute Gasteiger partial charge is 0.207 e. The first kappa shape index (κ1) is 7.74. The van der Waals surface area contributed by atoms with Crippen molar-refractivity contribution in [1.82, 2.24) is 0 Å². The summed E-state index contributed by atoms with van der Waals surface area (Å²) in [5.41, 5.74) is 1.63. The molecule has 56 valence electrons. The van der Waals surface area contributed by atoms with Crippen LogP contribution in [0.3, 0.4) is 0 Å². The normalized spacial score (nSPS) is 9.27. The van der Waals surface area contributed by atoms with E-state index in [0.29, 0.717) is 11.1 Å². The van der Waals surface area contributed by atoms with Gasteiger partial charge in [0.25, 0.3) is 0 Å². The molecule has 2 heteroatoms. The molecule has 0 fully saturated rings. The van der Waals surface area contributed by atoms with Gasteiger partial charge >= 0.3 is 0 Å². The van der Waals surface area contributed by atoms with Crippen LogP contribution in [-0.2, 0) is 0 Å². The molecule has 0 aliphatic rings. The van der Waals surface area contributed by atoms with Crippen molar-refractivity contribution in [2.45, 2.75) is 13.8 Å². The van der Waals surface area contributed by atoms with E-state index in [4.69, 9.17) is 5.26 Å². The van der Waals surface area contributed by atoms with Gasteiger partial charge in [-0.3, -0.25) is 0 Å². The van der Waals surface area contributed by atoms with Crippen LogP contribution < -0.4 is 0 Å². The summed E-state index contributed by atoms with van der Waals surface area (Å²) in [5.74, 6) is -0.304. The lowest BCUT2D eigenvalue weighted by Gasteiger charge is -1.99. The van der Waals surface area contributed by atoms with E-state index >= 15 is 0 Å². The number of nitriles is 1. The van der Waals surface area contributed by atoms with Crippen molar-refractivity contribution in [3.05, 3.63) is 34.6 Å². The van der Waals surface area contributed by atoms with Crippen LogP contribution in [-0.4, -0.2) is 0 Å². The maximum atomic E-state index is 12.9. The van der Waals surface area contributed by atoms with Gasteiger partial charge in [0.15, 0.2) is 0 Å². The fraction of sp³-hybridized carbons (Fsp3) is 0.222. The molecular weight excluding hydrogens is 141 g/mol. The Morgan fingerprint density at radius 1 is 1.36 bits per heavy atom. The molecule has 1 aromatic carbocycles. The second kappa shape index (κ2) is 2.71. The molecule has 1 aromatic rings. The van der Waals surface area contributed by atoms with Gasteiger partial charge in [-0.2, -0.15) is 5.26 Å². The molecule has 0 atom stereocenters. The molecule has 0 aliphatic heterocycles. The Bertz CT molecular complexity index is 323. The summed E-state index contributed by atoms with van der Waals surface area (Å²) >= 11 is 0. The molecule has 1 rings (SSSR count). The minimum atomic E-state index is -0.304. The zero-order valence-corrected chi connectivity index (χ0v) is 6.48. The van der Waals surface area contributed by atoms with Gasteiger partial charge in [-0.15, -0.1) is 0 Å². The van der Waals surface area contributed by atoms with E-state index in [1.165, 1.54) is 6.07 Å². The van der Waals surface area contributed by atoms with Crippen molar-refractivity contribution >= 4 is 0 Å². The number of hydrogen-bond acceptors (Lipinski definition) is 1. The van der Waals surface area contributed by atoms with Gasteiger partial charge in [0.05, 0.1) is 11.6 Å². The van der Waals surface area contributed by atoms with Gasteiger partial charge in [0.1, 0.15) is 5.82 Å². The lowest BCUT2D eigenvalue weighted by Crippen LogP contribution is -1.89. The first-order valence-electron chi connectivity index (χ1n) is 3.32. The SMILES string of the molecule is Cc1cc(F)c(C)c(C#N)c1. The third-order valence-electron chi connectivity index (χ3n) is 1.61. The van der Waals surface area contributed by atoms with E-state index in [2.05, 4.69) is 0 Å². The first-order valence-corrected chi connectivity index (χ1v) is 3.32. The van der Waals surface area contributed by atoms with Crippen LogP contribution in [0, 0.1) is 31.0 Å². The Morgan fingerprint density at radius 2 is 2.00 bits per heavy atom. The Hall–Kier alpha value is -1.36. The van der Waals surface area contributed by atoms with Crippen molar-refractivity contribution in [2.24, 2.45) is 0 Å². The second-order valence-corrected chi connectivity index (χ2v) is 2.53. The lowest BCUT2D eigenvalue weighted by molar-refractivity contribution is 0.616. The third-order valence-corrected chi connectivity index (χ3v) is 1.61. The van der Waals surface area contributed by atoms with E-state index in [1.54, 1.807) is 19.9 Å². The summed E-state index contributed by atoms with van der Waals surface area (Å²) in [6.45, 7) is 3.37. The molecule has 0 amide bonds. The van der Waals surface area contributed by atoms with E-state index in [-0.39, 0.29) is 5.82 Å². The molecule has 0 saturated carbocycles. The van der Waals surface area contributed by atoms with Crippen LogP contribution in [0.1, 0.15) is 16.7 Å². The Kier molecular flexibility index (Phi) is 1.91. The van der Waals surface area contributed by atoms with Gasteiger partial charge in [0, 0.05) is 5.56 Å². The van der Waals surface area contributed by atoms with Crippen LogP contribution >= 0.6 is 0 Å². The van der Waals surface area contributed by atoms with Crippen molar-refractivity contribution in [2.75, 3.05) is 0 Å². The zero-order chi connectivity index (χ0) is 8.43. The summed E-state index contributed by atoms with van der Waals surface area (Å²) in [7, 11) is 0. The van der Waals surface area contributed by atoms with E-state index in [9.17, 15) is 4.39 Å². The predicted molar refractivity (Wildman–Crippen MR) is 40.6 cm³/mol. The standard InChI is InChI=1S/C9H8FN/c1-6-3-8(5-11)7(2)9(10)4-6/h3-4H,1-2H3. The maximum absolute atomic E-state index is 12.9. The fourth-order valence-electron chi connectivity index (χ4n) is 0.931. The van der Waals surface area contributed by atoms with Crippen molar-refractivity contribution in [1.29, 1.82) is 5.26 Å². The number of rotatable bonds is 0. The van der Waals surface area contributed by atoms with Crippen molar-refractivity contribution in [3.8, 4) is 6.07 Å².